The maximum atomic E-state index is 6.27. The Balaban J connectivity index is 4.63. The Morgan fingerprint density at radius 1 is 0.464 bits per heavy atom. The fourth-order valence-electron chi connectivity index (χ4n) is 4.10. The largest absolute Gasteiger partial charge is 0.504 e. The van der Waals surface area contributed by atoms with Crippen LogP contribution in [0.5, 0.6) is 0 Å². The van der Waals surface area contributed by atoms with Gasteiger partial charge >= 0.3 is 8.80 Å². The normalized spacial score (nSPS) is 13.2. The molecular formula is C24H52O3Si. The highest BCUT2D eigenvalue weighted by molar-refractivity contribution is 6.62. The molecule has 4 heteroatoms. The summed E-state index contributed by atoms with van der Waals surface area (Å²) in [6, 6.07) is 0. The molecule has 1 unspecified atom stereocenters. The number of unbranched alkanes of at least 4 members (excludes halogenated alkanes) is 11. The third-order valence-electron chi connectivity index (χ3n) is 5.60. The first-order valence-electron chi connectivity index (χ1n) is 12.6. The molecule has 28 heavy (non-hydrogen) atoms. The summed E-state index contributed by atoms with van der Waals surface area (Å²) in [4.78, 5) is 0. The van der Waals surface area contributed by atoms with E-state index in [9.17, 15) is 0 Å². The van der Waals surface area contributed by atoms with E-state index < -0.39 is 8.80 Å². The van der Waals surface area contributed by atoms with Crippen LogP contribution in [0.3, 0.4) is 0 Å². The van der Waals surface area contributed by atoms with Crippen molar-refractivity contribution in [3.63, 3.8) is 0 Å². The van der Waals surface area contributed by atoms with E-state index in [1.807, 2.05) is 0 Å². The molecule has 0 bridgehead atoms. The maximum Gasteiger partial charge on any atom is 0.504 e. The van der Waals surface area contributed by atoms with Crippen LogP contribution in [0.25, 0.3) is 0 Å². The number of rotatable bonds is 22. The summed E-state index contributed by atoms with van der Waals surface area (Å²) < 4.78 is 18.8. The predicted molar refractivity (Wildman–Crippen MR) is 125 cm³/mol. The van der Waals surface area contributed by atoms with Crippen molar-refractivity contribution < 1.29 is 13.3 Å². The molecule has 0 heterocycles. The van der Waals surface area contributed by atoms with E-state index in [2.05, 4.69) is 34.6 Å². The summed E-state index contributed by atoms with van der Waals surface area (Å²) in [7, 11) is -2.58. The number of hydrogen-bond donors (Lipinski definition) is 0. The van der Waals surface area contributed by atoms with Gasteiger partial charge in [0.15, 0.2) is 0 Å². The standard InChI is InChI=1S/C24H52O3Si/c1-6-11-13-15-16-17-19-21-23-24(22-20-18-14-12-7-2)28(25-8-3,26-9-4)27-10-5/h24H,6-23H2,1-5H3. The highest BCUT2D eigenvalue weighted by Crippen LogP contribution is 2.36. The first-order chi connectivity index (χ1) is 13.7. The molecule has 0 aliphatic carbocycles. The molecule has 0 saturated heterocycles. The van der Waals surface area contributed by atoms with E-state index in [0.29, 0.717) is 25.4 Å². The summed E-state index contributed by atoms with van der Waals surface area (Å²) in [5.41, 5.74) is 0.467. The molecule has 0 aliphatic heterocycles. The third-order valence-corrected chi connectivity index (χ3v) is 9.25. The summed E-state index contributed by atoms with van der Waals surface area (Å²) in [5, 5.41) is 0. The highest BCUT2D eigenvalue weighted by atomic mass is 28.4. The molecular weight excluding hydrogens is 364 g/mol. The van der Waals surface area contributed by atoms with Crippen LogP contribution >= 0.6 is 0 Å². The van der Waals surface area contributed by atoms with Gasteiger partial charge in [-0.2, -0.15) is 0 Å². The van der Waals surface area contributed by atoms with Crippen LogP contribution in [0.4, 0.5) is 0 Å². The Morgan fingerprint density at radius 2 is 0.786 bits per heavy atom. The average molecular weight is 417 g/mol. The van der Waals surface area contributed by atoms with Gasteiger partial charge in [-0.3, -0.25) is 0 Å². The Labute approximate surface area is 178 Å². The van der Waals surface area contributed by atoms with E-state index in [0.717, 1.165) is 0 Å². The second-order valence-electron chi connectivity index (χ2n) is 8.07. The van der Waals surface area contributed by atoms with Crippen LogP contribution in [0.15, 0.2) is 0 Å². The molecule has 3 nitrogen and oxygen atoms in total. The molecule has 0 aromatic heterocycles. The molecule has 0 N–H and O–H groups in total. The molecule has 0 fully saturated rings. The lowest BCUT2D eigenvalue weighted by Crippen LogP contribution is -2.50. The van der Waals surface area contributed by atoms with Crippen molar-refractivity contribution in [2.75, 3.05) is 19.8 Å². The van der Waals surface area contributed by atoms with Gasteiger partial charge in [0.2, 0.25) is 0 Å². The topological polar surface area (TPSA) is 27.7 Å². The fourth-order valence-corrected chi connectivity index (χ4v) is 7.38. The number of hydrogen-bond acceptors (Lipinski definition) is 3. The molecule has 170 valence electrons. The van der Waals surface area contributed by atoms with Crippen molar-refractivity contribution in [2.45, 2.75) is 136 Å². The van der Waals surface area contributed by atoms with Gasteiger partial charge in [0.25, 0.3) is 0 Å². The van der Waals surface area contributed by atoms with Crippen molar-refractivity contribution in [1.29, 1.82) is 0 Å². The Bertz CT molecular complexity index is 295. The Hall–Kier alpha value is 0.0969. The minimum absolute atomic E-state index is 0.467. The minimum atomic E-state index is -2.58. The van der Waals surface area contributed by atoms with E-state index in [4.69, 9.17) is 13.3 Å². The van der Waals surface area contributed by atoms with Crippen molar-refractivity contribution in [3.8, 4) is 0 Å². The van der Waals surface area contributed by atoms with Crippen molar-refractivity contribution >= 4 is 8.80 Å². The van der Waals surface area contributed by atoms with E-state index in [1.165, 1.54) is 96.3 Å². The van der Waals surface area contributed by atoms with E-state index >= 15 is 0 Å². The molecule has 0 aromatic rings. The van der Waals surface area contributed by atoms with Crippen LogP contribution in [0, 0.1) is 0 Å². The predicted octanol–water partition coefficient (Wildman–Crippen LogP) is 8.30. The first kappa shape index (κ1) is 28.1. The molecule has 0 spiro atoms. The van der Waals surface area contributed by atoms with Crippen molar-refractivity contribution in [2.24, 2.45) is 0 Å². The zero-order chi connectivity index (χ0) is 20.9. The lowest BCUT2D eigenvalue weighted by atomic mass is 10.0. The van der Waals surface area contributed by atoms with Crippen LogP contribution in [-0.2, 0) is 13.3 Å². The molecule has 1 atom stereocenters. The van der Waals surface area contributed by atoms with Gasteiger partial charge in [0.05, 0.1) is 0 Å². The zero-order valence-corrected chi connectivity index (χ0v) is 21.0. The van der Waals surface area contributed by atoms with Gasteiger partial charge < -0.3 is 13.3 Å². The second-order valence-corrected chi connectivity index (χ2v) is 11.0. The Morgan fingerprint density at radius 3 is 1.11 bits per heavy atom. The maximum absolute atomic E-state index is 6.27. The molecule has 0 amide bonds. The summed E-state index contributed by atoms with van der Waals surface area (Å²) in [6.07, 6.45) is 20.0. The van der Waals surface area contributed by atoms with Gasteiger partial charge in [0.1, 0.15) is 0 Å². The quantitative estimate of drug-likeness (QED) is 0.131. The van der Waals surface area contributed by atoms with E-state index in [-0.39, 0.29) is 0 Å². The summed E-state index contributed by atoms with van der Waals surface area (Å²) >= 11 is 0. The van der Waals surface area contributed by atoms with Crippen molar-refractivity contribution in [1.82, 2.24) is 0 Å². The molecule has 0 radical (unpaired) electrons. The van der Waals surface area contributed by atoms with Gasteiger partial charge in [-0.15, -0.1) is 0 Å². The fraction of sp³-hybridized carbons (Fsp3) is 1.00. The van der Waals surface area contributed by atoms with Gasteiger partial charge in [-0.05, 0) is 33.6 Å². The van der Waals surface area contributed by atoms with Crippen LogP contribution in [0.1, 0.15) is 131 Å². The lowest BCUT2D eigenvalue weighted by molar-refractivity contribution is 0.0579. The molecule has 0 rings (SSSR count). The second kappa shape index (κ2) is 20.4. The molecule has 0 aliphatic rings. The van der Waals surface area contributed by atoms with Crippen LogP contribution in [0.2, 0.25) is 5.54 Å². The van der Waals surface area contributed by atoms with Gasteiger partial charge in [-0.1, -0.05) is 97.3 Å². The van der Waals surface area contributed by atoms with Gasteiger partial charge in [-0.25, -0.2) is 0 Å². The van der Waals surface area contributed by atoms with Crippen molar-refractivity contribution in [3.05, 3.63) is 0 Å². The summed E-state index contributed by atoms with van der Waals surface area (Å²) in [6.45, 7) is 12.9. The minimum Gasteiger partial charge on any atom is -0.374 e. The summed E-state index contributed by atoms with van der Waals surface area (Å²) in [5.74, 6) is 0. The Kier molecular flexibility index (Phi) is 20.4. The van der Waals surface area contributed by atoms with Crippen LogP contribution in [-0.4, -0.2) is 28.6 Å². The molecule has 0 aromatic carbocycles. The lowest BCUT2D eigenvalue weighted by Gasteiger charge is -2.35. The SMILES string of the molecule is CCCCCCCCCCC(CCCCCCC)[Si](OCC)(OCC)OCC. The average Bonchev–Trinajstić information content (AvgIpc) is 2.68. The first-order valence-corrected chi connectivity index (χ1v) is 14.4. The van der Waals surface area contributed by atoms with Crippen LogP contribution < -0.4 is 0 Å². The highest BCUT2D eigenvalue weighted by Gasteiger charge is 2.48. The zero-order valence-electron chi connectivity index (χ0n) is 20.0. The molecule has 0 saturated carbocycles. The third kappa shape index (κ3) is 13.3. The smallest absolute Gasteiger partial charge is 0.374 e. The van der Waals surface area contributed by atoms with Gasteiger partial charge in [0, 0.05) is 25.4 Å². The van der Waals surface area contributed by atoms with E-state index in [1.54, 1.807) is 0 Å². The monoisotopic (exact) mass is 416 g/mol.